The maximum atomic E-state index is 4.79. The molecule has 0 amide bonds. The van der Waals surface area contributed by atoms with Crippen LogP contribution < -0.4 is 0 Å². The van der Waals surface area contributed by atoms with Crippen molar-refractivity contribution in [3.8, 4) is 11.1 Å². The number of fused-ring (bicyclic) bond motifs is 1. The smallest absolute Gasteiger partial charge is 0.0700 e. The lowest BCUT2D eigenvalue weighted by Crippen LogP contribution is -1.89. The lowest BCUT2D eigenvalue weighted by molar-refractivity contribution is 0.238. The molecule has 2 heteroatoms. The van der Waals surface area contributed by atoms with E-state index >= 15 is 0 Å². The summed E-state index contributed by atoms with van der Waals surface area (Å²) in [5.41, 5.74) is 4.09. The Morgan fingerprint density at radius 3 is 2.93 bits per heavy atom. The van der Waals surface area contributed by atoms with Gasteiger partial charge in [-0.1, -0.05) is 12.1 Å². The van der Waals surface area contributed by atoms with Crippen LogP contribution in [0.25, 0.3) is 11.1 Å². The third-order valence-corrected chi connectivity index (χ3v) is 2.97. The van der Waals surface area contributed by atoms with E-state index in [-0.39, 0.29) is 0 Å². The van der Waals surface area contributed by atoms with Crippen molar-refractivity contribution in [1.82, 2.24) is 0 Å². The number of ether oxygens (including phenoxy) is 1. The van der Waals surface area contributed by atoms with Gasteiger partial charge in [-0.2, -0.15) is 11.3 Å². The van der Waals surface area contributed by atoms with E-state index in [4.69, 9.17) is 4.74 Å². The Hall–Kier alpha value is -0.860. The van der Waals surface area contributed by atoms with Gasteiger partial charge in [0.1, 0.15) is 0 Å². The zero-order valence-electron chi connectivity index (χ0n) is 8.03. The molecular formula is C12H13OS. The molecule has 0 fully saturated rings. The Kier molecular flexibility index (Phi) is 3.17. The van der Waals surface area contributed by atoms with Crippen molar-refractivity contribution >= 4 is 11.3 Å². The highest BCUT2D eigenvalue weighted by molar-refractivity contribution is 7.07. The standard InChI is InChI=1S/C12H13OS/c1-13-5-2-3-10-7-11-4-6-14-9-12(11)8-10/h4,6-9H,1-3,5H2. The first-order valence-corrected chi connectivity index (χ1v) is 5.66. The second kappa shape index (κ2) is 4.58. The van der Waals surface area contributed by atoms with Crippen LogP contribution in [0.15, 0.2) is 29.0 Å². The van der Waals surface area contributed by atoms with Gasteiger partial charge in [0.25, 0.3) is 0 Å². The maximum absolute atomic E-state index is 4.79. The van der Waals surface area contributed by atoms with E-state index in [1.54, 1.807) is 11.3 Å². The molecule has 0 saturated carbocycles. The highest BCUT2D eigenvalue weighted by Gasteiger charge is 2.04. The van der Waals surface area contributed by atoms with Crippen LogP contribution in [0, 0.1) is 7.11 Å². The van der Waals surface area contributed by atoms with E-state index in [1.165, 1.54) is 16.7 Å². The minimum Gasteiger partial charge on any atom is -0.379 e. The molecule has 2 aliphatic rings. The second-order valence-corrected chi connectivity index (χ2v) is 4.12. The summed E-state index contributed by atoms with van der Waals surface area (Å²) in [5, 5.41) is 4.31. The molecule has 1 nitrogen and oxygen atoms in total. The SMILES string of the molecule is [CH2]OCCCc1cc2ccscc-2c1. The minimum atomic E-state index is 0.740. The molecule has 0 bridgehead atoms. The predicted octanol–water partition coefficient (Wildman–Crippen LogP) is 3.59. The van der Waals surface area contributed by atoms with E-state index in [1.807, 2.05) is 0 Å². The largest absolute Gasteiger partial charge is 0.379 e. The first-order chi connectivity index (χ1) is 6.90. The molecule has 0 aromatic rings. The van der Waals surface area contributed by atoms with Gasteiger partial charge in [-0.15, -0.1) is 0 Å². The van der Waals surface area contributed by atoms with Crippen molar-refractivity contribution < 1.29 is 4.74 Å². The van der Waals surface area contributed by atoms with Gasteiger partial charge in [0, 0.05) is 6.61 Å². The quantitative estimate of drug-likeness (QED) is 0.693. The van der Waals surface area contributed by atoms with Gasteiger partial charge in [-0.05, 0) is 46.4 Å². The van der Waals surface area contributed by atoms with Crippen LogP contribution in [0.1, 0.15) is 12.0 Å². The molecule has 1 aliphatic carbocycles. The van der Waals surface area contributed by atoms with Crippen molar-refractivity contribution in [1.29, 1.82) is 0 Å². The molecular weight excluding hydrogens is 192 g/mol. The Morgan fingerprint density at radius 1 is 1.29 bits per heavy atom. The molecule has 0 saturated heterocycles. The van der Waals surface area contributed by atoms with E-state index in [0.717, 1.165) is 19.4 Å². The zero-order valence-corrected chi connectivity index (χ0v) is 8.85. The predicted molar refractivity (Wildman–Crippen MR) is 60.6 cm³/mol. The fourth-order valence-corrected chi connectivity index (χ4v) is 2.26. The van der Waals surface area contributed by atoms with Crippen LogP contribution in [0.2, 0.25) is 0 Å². The molecule has 73 valence electrons. The van der Waals surface area contributed by atoms with Crippen LogP contribution >= 0.6 is 11.3 Å². The van der Waals surface area contributed by atoms with Gasteiger partial charge in [-0.3, -0.25) is 0 Å². The van der Waals surface area contributed by atoms with E-state index in [9.17, 15) is 0 Å². The molecule has 14 heavy (non-hydrogen) atoms. The molecule has 0 unspecified atom stereocenters. The molecule has 1 aliphatic heterocycles. The number of rotatable bonds is 4. The average Bonchev–Trinajstić information content (AvgIpc) is 2.60. The van der Waals surface area contributed by atoms with Crippen LogP contribution in [0.4, 0.5) is 0 Å². The summed E-state index contributed by atoms with van der Waals surface area (Å²) in [6.45, 7) is 0.740. The van der Waals surface area contributed by atoms with E-state index < -0.39 is 0 Å². The monoisotopic (exact) mass is 205 g/mol. The Balaban J connectivity index is 2.08. The number of hydrogen-bond donors (Lipinski definition) is 0. The van der Waals surface area contributed by atoms with E-state index in [0.29, 0.717) is 0 Å². The summed E-state index contributed by atoms with van der Waals surface area (Å²) in [4.78, 5) is 0. The van der Waals surface area contributed by atoms with Crippen LogP contribution in [0.5, 0.6) is 0 Å². The summed E-state index contributed by atoms with van der Waals surface area (Å²) < 4.78 is 4.79. The summed E-state index contributed by atoms with van der Waals surface area (Å²) in [6, 6.07) is 6.68. The Labute approximate surface area is 88.7 Å². The molecule has 2 rings (SSSR count). The molecule has 0 atom stereocenters. The zero-order chi connectivity index (χ0) is 9.80. The van der Waals surface area contributed by atoms with Gasteiger partial charge < -0.3 is 4.74 Å². The minimum absolute atomic E-state index is 0.740. The van der Waals surface area contributed by atoms with Crippen LogP contribution in [0.3, 0.4) is 0 Å². The second-order valence-electron chi connectivity index (χ2n) is 3.34. The molecule has 0 aromatic carbocycles. The molecule has 1 radical (unpaired) electrons. The topological polar surface area (TPSA) is 9.23 Å². The summed E-state index contributed by atoms with van der Waals surface area (Å²) >= 11 is 1.74. The van der Waals surface area contributed by atoms with Gasteiger partial charge >= 0.3 is 0 Å². The van der Waals surface area contributed by atoms with Crippen LogP contribution in [-0.2, 0) is 11.2 Å². The highest BCUT2D eigenvalue weighted by Crippen LogP contribution is 2.27. The van der Waals surface area contributed by atoms with Crippen molar-refractivity contribution in [2.24, 2.45) is 0 Å². The third-order valence-electron chi connectivity index (χ3n) is 2.29. The summed E-state index contributed by atoms with van der Waals surface area (Å²) in [7, 11) is 3.36. The molecule has 0 spiro atoms. The fourth-order valence-electron chi connectivity index (χ4n) is 1.60. The number of hydrogen-bond acceptors (Lipinski definition) is 2. The summed E-state index contributed by atoms with van der Waals surface area (Å²) in [6.07, 6.45) is 2.12. The number of aryl methyl sites for hydroxylation is 1. The fraction of sp³-hybridized carbons (Fsp3) is 0.250. The van der Waals surface area contributed by atoms with E-state index in [2.05, 4.69) is 36.1 Å². The normalized spacial score (nSPS) is 10.9. The van der Waals surface area contributed by atoms with Gasteiger partial charge in [0.05, 0.1) is 7.11 Å². The lowest BCUT2D eigenvalue weighted by Gasteiger charge is -1.95. The first kappa shape index (κ1) is 9.69. The Morgan fingerprint density at radius 2 is 2.14 bits per heavy atom. The van der Waals surface area contributed by atoms with Crippen molar-refractivity contribution in [3.63, 3.8) is 0 Å². The van der Waals surface area contributed by atoms with Crippen LogP contribution in [-0.4, -0.2) is 6.61 Å². The average molecular weight is 205 g/mol. The van der Waals surface area contributed by atoms with Gasteiger partial charge in [0.15, 0.2) is 0 Å². The van der Waals surface area contributed by atoms with Gasteiger partial charge in [0.2, 0.25) is 0 Å². The first-order valence-electron chi connectivity index (χ1n) is 4.72. The molecule has 0 N–H and O–H groups in total. The maximum Gasteiger partial charge on any atom is 0.0700 e. The van der Waals surface area contributed by atoms with Crippen molar-refractivity contribution in [2.45, 2.75) is 12.8 Å². The molecule has 0 aromatic heterocycles. The van der Waals surface area contributed by atoms with Crippen molar-refractivity contribution in [2.75, 3.05) is 6.61 Å². The summed E-state index contributed by atoms with van der Waals surface area (Å²) in [5.74, 6) is 0. The third kappa shape index (κ3) is 2.14. The lowest BCUT2D eigenvalue weighted by atomic mass is 10.2. The van der Waals surface area contributed by atoms with Gasteiger partial charge in [-0.25, -0.2) is 0 Å². The highest BCUT2D eigenvalue weighted by atomic mass is 32.1. The van der Waals surface area contributed by atoms with Crippen molar-refractivity contribution in [3.05, 3.63) is 41.6 Å². The Bertz CT molecular complexity index is 337. The molecule has 1 heterocycles.